The normalized spacial score (nSPS) is 10.3. The molecular formula is C28H36O8. The van der Waals surface area contributed by atoms with E-state index in [1.807, 2.05) is 20.8 Å². The van der Waals surface area contributed by atoms with Gasteiger partial charge in [0.2, 0.25) is 0 Å². The second kappa shape index (κ2) is 14.7. The average molecular weight is 501 g/mol. The van der Waals surface area contributed by atoms with E-state index < -0.39 is 23.9 Å². The molecule has 0 bridgehead atoms. The van der Waals surface area contributed by atoms with E-state index in [2.05, 4.69) is 6.92 Å². The molecule has 0 aromatic heterocycles. The zero-order valence-corrected chi connectivity index (χ0v) is 21.4. The van der Waals surface area contributed by atoms with Crippen molar-refractivity contribution in [2.75, 3.05) is 0 Å². The summed E-state index contributed by atoms with van der Waals surface area (Å²) in [5.41, 5.74) is 2.84. The number of hydrogen-bond acceptors (Lipinski definition) is 4. The fraction of sp³-hybridized carbons (Fsp3) is 0.429. The Morgan fingerprint density at radius 1 is 0.556 bits per heavy atom. The van der Waals surface area contributed by atoms with Gasteiger partial charge in [0.15, 0.2) is 0 Å². The molecule has 0 heterocycles. The van der Waals surface area contributed by atoms with Crippen LogP contribution in [0.1, 0.15) is 117 Å². The summed E-state index contributed by atoms with van der Waals surface area (Å²) in [6.07, 6.45) is 6.45. The number of carboxylic acids is 4. The molecule has 0 radical (unpaired) electrons. The molecule has 36 heavy (non-hydrogen) atoms. The fourth-order valence-corrected chi connectivity index (χ4v) is 4.20. The van der Waals surface area contributed by atoms with Gasteiger partial charge in [0.25, 0.3) is 0 Å². The number of rotatable bonds is 12. The van der Waals surface area contributed by atoms with E-state index in [0.717, 1.165) is 43.2 Å². The molecule has 0 aliphatic heterocycles. The molecule has 8 heteroatoms. The van der Waals surface area contributed by atoms with Crippen LogP contribution in [0.3, 0.4) is 0 Å². The molecule has 8 nitrogen and oxygen atoms in total. The van der Waals surface area contributed by atoms with Gasteiger partial charge in [0.05, 0.1) is 22.3 Å². The van der Waals surface area contributed by atoms with E-state index >= 15 is 0 Å². The third kappa shape index (κ3) is 7.66. The van der Waals surface area contributed by atoms with E-state index in [9.17, 15) is 24.3 Å². The zero-order chi connectivity index (χ0) is 27.4. The average Bonchev–Trinajstić information content (AvgIpc) is 2.84. The predicted octanol–water partition coefficient (Wildman–Crippen LogP) is 5.98. The lowest BCUT2D eigenvalue weighted by molar-refractivity contribution is 0.0650. The van der Waals surface area contributed by atoms with Gasteiger partial charge in [0, 0.05) is 0 Å². The van der Waals surface area contributed by atoms with E-state index in [1.165, 1.54) is 12.1 Å². The Morgan fingerprint density at radius 3 is 1.39 bits per heavy atom. The Bertz CT molecular complexity index is 1100. The van der Waals surface area contributed by atoms with Gasteiger partial charge >= 0.3 is 23.9 Å². The van der Waals surface area contributed by atoms with Crippen LogP contribution < -0.4 is 0 Å². The summed E-state index contributed by atoms with van der Waals surface area (Å²) in [5, 5.41) is 36.6. The summed E-state index contributed by atoms with van der Waals surface area (Å²) in [6.45, 7) is 7.86. The second-order valence-corrected chi connectivity index (χ2v) is 8.39. The number of benzene rings is 2. The van der Waals surface area contributed by atoms with Crippen molar-refractivity contribution in [2.45, 2.75) is 79.1 Å². The molecule has 0 atom stereocenters. The maximum atomic E-state index is 11.5. The van der Waals surface area contributed by atoms with E-state index in [4.69, 9.17) is 15.3 Å². The van der Waals surface area contributed by atoms with Crippen LogP contribution in [0.4, 0.5) is 0 Å². The molecule has 0 aliphatic carbocycles. The molecule has 196 valence electrons. The Balaban J connectivity index is 0.000000369. The minimum Gasteiger partial charge on any atom is -0.478 e. The second-order valence-electron chi connectivity index (χ2n) is 8.39. The van der Waals surface area contributed by atoms with Crippen molar-refractivity contribution in [1.82, 2.24) is 0 Å². The standard InChI is InChI=1S/C16H22O4.C12H14O4/c1-3-5-7-11-9-10-13(15(17)18)14(16(19)20)12(11)8-6-4-2;1-3-7-5-6-9(11(13)14)10(12(15)16)8(7)4-2/h9-10H,3-8H2,1-2H3,(H,17,18)(H,19,20);5-6H,3-4H2,1-2H3,(H,13,14)(H,15,16). The van der Waals surface area contributed by atoms with Crippen LogP contribution in [0, 0.1) is 0 Å². The third-order valence-electron chi connectivity index (χ3n) is 6.02. The first kappa shape index (κ1) is 30.4. The molecule has 0 saturated heterocycles. The van der Waals surface area contributed by atoms with Gasteiger partial charge in [0.1, 0.15) is 0 Å². The number of carbonyl (C=O) groups is 4. The van der Waals surface area contributed by atoms with Crippen molar-refractivity contribution >= 4 is 23.9 Å². The highest BCUT2D eigenvalue weighted by molar-refractivity contribution is 6.03. The Kier molecular flexibility index (Phi) is 12.4. The molecule has 0 amide bonds. The molecule has 0 aliphatic rings. The molecular weight excluding hydrogens is 464 g/mol. The van der Waals surface area contributed by atoms with Gasteiger partial charge in [-0.05, 0) is 72.9 Å². The maximum Gasteiger partial charge on any atom is 0.336 e. The molecule has 0 fully saturated rings. The van der Waals surface area contributed by atoms with E-state index in [1.54, 1.807) is 12.1 Å². The lowest BCUT2D eigenvalue weighted by atomic mass is 9.90. The third-order valence-corrected chi connectivity index (χ3v) is 6.02. The predicted molar refractivity (Wildman–Crippen MR) is 137 cm³/mol. The summed E-state index contributed by atoms with van der Waals surface area (Å²) in [5.74, 6) is -4.70. The summed E-state index contributed by atoms with van der Waals surface area (Å²) >= 11 is 0. The van der Waals surface area contributed by atoms with Gasteiger partial charge in [-0.1, -0.05) is 52.7 Å². The van der Waals surface area contributed by atoms with E-state index in [0.29, 0.717) is 30.4 Å². The maximum absolute atomic E-state index is 11.5. The molecule has 2 aromatic carbocycles. The number of aromatic carboxylic acids is 4. The minimum absolute atomic E-state index is 0.0282. The summed E-state index contributed by atoms with van der Waals surface area (Å²) in [6, 6.07) is 6.25. The number of hydrogen-bond donors (Lipinski definition) is 4. The van der Waals surface area contributed by atoms with Crippen LogP contribution in [0.2, 0.25) is 0 Å². The van der Waals surface area contributed by atoms with Gasteiger partial charge < -0.3 is 20.4 Å². The lowest BCUT2D eigenvalue weighted by Crippen LogP contribution is -2.14. The molecule has 0 saturated carbocycles. The Hall–Kier alpha value is -3.68. The Morgan fingerprint density at radius 2 is 1.00 bits per heavy atom. The van der Waals surface area contributed by atoms with Crippen LogP contribution in [0.25, 0.3) is 0 Å². The van der Waals surface area contributed by atoms with Crippen LogP contribution in [0.5, 0.6) is 0 Å². The highest BCUT2D eigenvalue weighted by atomic mass is 16.4. The topological polar surface area (TPSA) is 149 Å². The smallest absolute Gasteiger partial charge is 0.336 e. The minimum atomic E-state index is -1.20. The summed E-state index contributed by atoms with van der Waals surface area (Å²) in [7, 11) is 0. The van der Waals surface area contributed by atoms with Crippen molar-refractivity contribution < 1.29 is 39.6 Å². The fourth-order valence-electron chi connectivity index (χ4n) is 4.20. The first-order valence-corrected chi connectivity index (χ1v) is 12.3. The van der Waals surface area contributed by atoms with Crippen LogP contribution in [-0.4, -0.2) is 44.3 Å². The quantitative estimate of drug-likeness (QED) is 0.278. The van der Waals surface area contributed by atoms with Crippen LogP contribution in [0.15, 0.2) is 24.3 Å². The summed E-state index contributed by atoms with van der Waals surface area (Å²) < 4.78 is 0. The first-order chi connectivity index (χ1) is 17.0. The number of carboxylic acid groups (broad SMARTS) is 4. The highest BCUT2D eigenvalue weighted by Crippen LogP contribution is 2.24. The van der Waals surface area contributed by atoms with Crippen molar-refractivity contribution in [3.05, 3.63) is 68.8 Å². The Labute approximate surface area is 211 Å². The molecule has 0 unspecified atom stereocenters. The molecule has 2 rings (SSSR count). The molecule has 4 N–H and O–H groups in total. The molecule has 0 spiro atoms. The van der Waals surface area contributed by atoms with Crippen LogP contribution >= 0.6 is 0 Å². The van der Waals surface area contributed by atoms with Gasteiger partial charge in [-0.25, -0.2) is 19.2 Å². The van der Waals surface area contributed by atoms with Crippen molar-refractivity contribution in [1.29, 1.82) is 0 Å². The van der Waals surface area contributed by atoms with Crippen molar-refractivity contribution in [2.24, 2.45) is 0 Å². The monoisotopic (exact) mass is 500 g/mol. The molecule has 2 aromatic rings. The van der Waals surface area contributed by atoms with Gasteiger partial charge in [-0.15, -0.1) is 0 Å². The van der Waals surface area contributed by atoms with Crippen LogP contribution in [-0.2, 0) is 25.7 Å². The largest absolute Gasteiger partial charge is 0.478 e. The van der Waals surface area contributed by atoms with Gasteiger partial charge in [-0.2, -0.15) is 0 Å². The summed E-state index contributed by atoms with van der Waals surface area (Å²) in [4.78, 5) is 44.7. The first-order valence-electron chi connectivity index (χ1n) is 12.3. The van der Waals surface area contributed by atoms with Crippen molar-refractivity contribution in [3.8, 4) is 0 Å². The SMILES string of the molecule is CCCCc1ccc(C(=O)O)c(C(=O)O)c1CCCC.CCc1ccc(C(=O)O)c(C(=O)O)c1CC. The number of unbranched alkanes of at least 4 members (excludes halogenated alkanes) is 2. The lowest BCUT2D eigenvalue weighted by Gasteiger charge is -2.14. The van der Waals surface area contributed by atoms with Crippen molar-refractivity contribution in [3.63, 3.8) is 0 Å². The number of aryl methyl sites for hydroxylation is 2. The van der Waals surface area contributed by atoms with Gasteiger partial charge in [-0.3, -0.25) is 0 Å². The van der Waals surface area contributed by atoms with E-state index in [-0.39, 0.29) is 22.3 Å². The highest BCUT2D eigenvalue weighted by Gasteiger charge is 2.23. The zero-order valence-electron chi connectivity index (χ0n) is 21.4.